The molecule has 0 bridgehead atoms. The number of carbonyl (C=O) groups is 1. The summed E-state index contributed by atoms with van der Waals surface area (Å²) in [5.74, 6) is 1.08. The SMILES string of the molecule is C=CC(=O)Nc1cc(Nc2cc(N3OCC[C@@H]3c3cccc(C)c3F)ncn2)c(OC)cc1N1CCC(N2CCN(C3CCC3)CC2)CC1. The van der Waals surface area contributed by atoms with E-state index in [0.29, 0.717) is 59.0 Å². The molecule has 0 spiro atoms. The first-order valence-corrected chi connectivity index (χ1v) is 17.6. The third-order valence-corrected chi connectivity index (χ3v) is 10.6. The summed E-state index contributed by atoms with van der Waals surface area (Å²) in [5, 5.41) is 8.03. The number of nitrogens with one attached hydrogen (secondary N) is 2. The van der Waals surface area contributed by atoms with E-state index in [4.69, 9.17) is 9.57 Å². The molecule has 4 aliphatic rings. The molecular weight excluding hydrogens is 623 g/mol. The molecule has 12 heteroatoms. The van der Waals surface area contributed by atoms with Gasteiger partial charge in [0.2, 0.25) is 5.91 Å². The maximum Gasteiger partial charge on any atom is 0.247 e. The highest BCUT2D eigenvalue weighted by Gasteiger charge is 2.33. The van der Waals surface area contributed by atoms with Crippen molar-refractivity contribution in [1.29, 1.82) is 0 Å². The Balaban J connectivity index is 1.07. The van der Waals surface area contributed by atoms with E-state index in [0.717, 1.165) is 50.7 Å². The second-order valence-corrected chi connectivity index (χ2v) is 13.5. The lowest BCUT2D eigenvalue weighted by Crippen LogP contribution is -2.56. The van der Waals surface area contributed by atoms with Crippen molar-refractivity contribution in [2.24, 2.45) is 0 Å². The number of amides is 1. The highest BCUT2D eigenvalue weighted by molar-refractivity contribution is 6.02. The third kappa shape index (κ3) is 7.08. The zero-order valence-corrected chi connectivity index (χ0v) is 28.5. The normalized spacial score (nSPS) is 21.0. The van der Waals surface area contributed by atoms with Crippen molar-refractivity contribution >= 4 is 34.6 Å². The Morgan fingerprint density at radius 1 is 0.980 bits per heavy atom. The molecule has 1 atom stereocenters. The predicted octanol–water partition coefficient (Wildman–Crippen LogP) is 5.82. The van der Waals surface area contributed by atoms with Gasteiger partial charge in [-0.1, -0.05) is 31.2 Å². The van der Waals surface area contributed by atoms with Crippen LogP contribution in [0.3, 0.4) is 0 Å². The van der Waals surface area contributed by atoms with E-state index in [2.05, 4.69) is 41.9 Å². The number of hydrogen-bond acceptors (Lipinski definition) is 10. The Hall–Kier alpha value is -4.26. The molecule has 3 saturated heterocycles. The van der Waals surface area contributed by atoms with E-state index in [1.807, 2.05) is 18.2 Å². The van der Waals surface area contributed by atoms with Gasteiger partial charge in [-0.15, -0.1) is 0 Å². The van der Waals surface area contributed by atoms with Gasteiger partial charge in [-0.25, -0.2) is 19.4 Å². The molecule has 1 aromatic heterocycles. The van der Waals surface area contributed by atoms with E-state index in [1.54, 1.807) is 37.3 Å². The summed E-state index contributed by atoms with van der Waals surface area (Å²) in [5.41, 5.74) is 3.35. The van der Waals surface area contributed by atoms with E-state index in [1.165, 1.54) is 44.8 Å². The van der Waals surface area contributed by atoms with Gasteiger partial charge in [-0.2, -0.15) is 0 Å². The van der Waals surface area contributed by atoms with Gasteiger partial charge < -0.3 is 20.3 Å². The van der Waals surface area contributed by atoms with Gasteiger partial charge in [0.05, 0.1) is 36.8 Å². The number of halogens is 1. The number of aromatic nitrogens is 2. The lowest BCUT2D eigenvalue weighted by molar-refractivity contribution is -0.111. The van der Waals surface area contributed by atoms with Crippen LogP contribution in [0.25, 0.3) is 0 Å². The van der Waals surface area contributed by atoms with Crippen LogP contribution in [0, 0.1) is 12.7 Å². The number of piperidine rings is 1. The van der Waals surface area contributed by atoms with Crippen molar-refractivity contribution < 1.29 is 18.8 Å². The molecule has 0 unspecified atom stereocenters. The number of hydroxylamine groups is 1. The molecule has 4 heterocycles. The molecule has 1 saturated carbocycles. The monoisotopic (exact) mass is 670 g/mol. The predicted molar refractivity (Wildman–Crippen MR) is 190 cm³/mol. The number of methoxy groups -OCH3 is 1. The summed E-state index contributed by atoms with van der Waals surface area (Å²) in [7, 11) is 1.63. The van der Waals surface area contributed by atoms with Gasteiger partial charge in [-0.05, 0) is 50.3 Å². The van der Waals surface area contributed by atoms with E-state index < -0.39 is 0 Å². The number of hydrogen-bond donors (Lipinski definition) is 2. The van der Waals surface area contributed by atoms with Crippen molar-refractivity contribution in [3.05, 3.63) is 72.3 Å². The third-order valence-electron chi connectivity index (χ3n) is 10.6. The molecule has 49 heavy (non-hydrogen) atoms. The first-order valence-electron chi connectivity index (χ1n) is 17.6. The highest BCUT2D eigenvalue weighted by Crippen LogP contribution is 2.41. The van der Waals surface area contributed by atoms with Crippen LogP contribution in [0.1, 0.15) is 55.7 Å². The topological polar surface area (TPSA) is 98.3 Å². The maximum atomic E-state index is 15.1. The van der Waals surface area contributed by atoms with Crippen LogP contribution in [0.2, 0.25) is 0 Å². The first kappa shape index (κ1) is 33.2. The number of ether oxygens (including phenoxy) is 1. The zero-order chi connectivity index (χ0) is 33.9. The van der Waals surface area contributed by atoms with Gasteiger partial charge in [-0.3, -0.25) is 19.4 Å². The Kier molecular flexibility index (Phi) is 9.97. The Morgan fingerprint density at radius 2 is 1.71 bits per heavy atom. The van der Waals surface area contributed by atoms with Gasteiger partial charge in [0.25, 0.3) is 0 Å². The van der Waals surface area contributed by atoms with Crippen LogP contribution in [-0.2, 0) is 9.63 Å². The number of carbonyl (C=O) groups excluding carboxylic acids is 1. The molecule has 1 aliphatic carbocycles. The minimum atomic E-state index is -0.321. The smallest absolute Gasteiger partial charge is 0.247 e. The Bertz CT molecular complexity index is 1650. The summed E-state index contributed by atoms with van der Waals surface area (Å²) < 4.78 is 21.0. The lowest BCUT2D eigenvalue weighted by atomic mass is 9.91. The molecule has 3 aromatic rings. The fraction of sp³-hybridized carbons (Fsp3) is 0.486. The zero-order valence-electron chi connectivity index (χ0n) is 28.5. The second kappa shape index (κ2) is 14.7. The first-order chi connectivity index (χ1) is 23.9. The lowest BCUT2D eigenvalue weighted by Gasteiger charge is -2.46. The minimum absolute atomic E-state index is 0.236. The summed E-state index contributed by atoms with van der Waals surface area (Å²) in [4.78, 5) is 35.2. The summed E-state index contributed by atoms with van der Waals surface area (Å²) in [6.45, 7) is 12.3. The van der Waals surface area contributed by atoms with E-state index in [-0.39, 0.29) is 17.8 Å². The van der Waals surface area contributed by atoms with Crippen LogP contribution in [-0.4, -0.2) is 90.7 Å². The van der Waals surface area contributed by atoms with E-state index >= 15 is 4.39 Å². The molecule has 1 amide bonds. The summed E-state index contributed by atoms with van der Waals surface area (Å²) in [6.07, 6.45) is 9.60. The quantitative estimate of drug-likeness (QED) is 0.257. The van der Waals surface area contributed by atoms with Crippen LogP contribution in [0.15, 0.2) is 55.4 Å². The molecule has 2 N–H and O–H groups in total. The summed E-state index contributed by atoms with van der Waals surface area (Å²) in [6, 6.07) is 12.1. The molecule has 11 nitrogen and oxygen atoms in total. The average Bonchev–Trinajstić information content (AvgIpc) is 3.59. The van der Waals surface area contributed by atoms with Crippen molar-refractivity contribution in [1.82, 2.24) is 19.8 Å². The molecule has 4 fully saturated rings. The van der Waals surface area contributed by atoms with Gasteiger partial charge in [0.1, 0.15) is 23.7 Å². The molecular formula is C37H47FN8O3. The largest absolute Gasteiger partial charge is 0.494 e. The standard InChI is InChI=1S/C37H47FN8O3/c1-4-36(47)42-29-21-30(41-34-23-35(40-24-39-34)46-31(13-20-49-46)28-10-5-7-25(2)37(28)38)33(48-3)22-32(29)45-14-11-27(12-15-45)44-18-16-43(17-19-44)26-8-6-9-26/h4-5,7,10,21-24,26-27,31H,1,6,8-9,11-20H2,2-3H3,(H,42,47)(H,39,40,41)/t31-/m1/s1. The van der Waals surface area contributed by atoms with Crippen LogP contribution < -0.4 is 25.3 Å². The molecule has 260 valence electrons. The Labute approximate surface area is 288 Å². The average molecular weight is 671 g/mol. The van der Waals surface area contributed by atoms with Crippen molar-refractivity contribution in [2.45, 2.75) is 63.6 Å². The minimum Gasteiger partial charge on any atom is -0.494 e. The fourth-order valence-corrected chi connectivity index (χ4v) is 7.65. The van der Waals surface area contributed by atoms with Crippen LogP contribution in [0.4, 0.5) is 33.1 Å². The fourth-order valence-electron chi connectivity index (χ4n) is 7.65. The van der Waals surface area contributed by atoms with Gasteiger partial charge in [0.15, 0.2) is 5.82 Å². The number of aryl methyl sites for hydroxylation is 1. The van der Waals surface area contributed by atoms with Crippen molar-refractivity contribution in [3.8, 4) is 5.75 Å². The summed E-state index contributed by atoms with van der Waals surface area (Å²) >= 11 is 0. The van der Waals surface area contributed by atoms with Crippen molar-refractivity contribution in [2.75, 3.05) is 73.6 Å². The number of benzene rings is 2. The molecule has 7 rings (SSSR count). The van der Waals surface area contributed by atoms with Gasteiger partial charge >= 0.3 is 0 Å². The Morgan fingerprint density at radius 3 is 2.39 bits per heavy atom. The number of nitrogens with zero attached hydrogens (tertiary/aromatic N) is 6. The molecule has 0 radical (unpaired) electrons. The number of piperazine rings is 1. The molecule has 3 aliphatic heterocycles. The van der Waals surface area contributed by atoms with Gasteiger partial charge in [0, 0.05) is 75.5 Å². The molecule has 2 aromatic carbocycles. The highest BCUT2D eigenvalue weighted by atomic mass is 19.1. The number of rotatable bonds is 10. The second-order valence-electron chi connectivity index (χ2n) is 13.5. The maximum absolute atomic E-state index is 15.1. The van der Waals surface area contributed by atoms with E-state index in [9.17, 15) is 4.79 Å². The van der Waals surface area contributed by atoms with Crippen LogP contribution in [0.5, 0.6) is 5.75 Å². The van der Waals surface area contributed by atoms with Crippen molar-refractivity contribution in [3.63, 3.8) is 0 Å². The van der Waals surface area contributed by atoms with Crippen LogP contribution >= 0.6 is 0 Å². The number of anilines is 5.